The fourth-order valence-electron chi connectivity index (χ4n) is 3.28. The van der Waals surface area contributed by atoms with Crippen LogP contribution in [0, 0.1) is 5.92 Å². The van der Waals surface area contributed by atoms with E-state index in [2.05, 4.69) is 35.7 Å². The van der Waals surface area contributed by atoms with Crippen molar-refractivity contribution in [1.29, 1.82) is 0 Å². The summed E-state index contributed by atoms with van der Waals surface area (Å²) in [5, 5.41) is 22.2. The number of hydrogen-bond acceptors (Lipinski definition) is 10. The molecule has 1 saturated carbocycles. The quantitative estimate of drug-likeness (QED) is 0.640. The number of anilines is 2. The Hall–Kier alpha value is -2.53. The van der Waals surface area contributed by atoms with Gasteiger partial charge in [-0.15, -0.1) is 20.4 Å². The number of carbonyl (C=O) groups excluding carboxylic acids is 1. The molecule has 3 N–H and O–H groups in total. The number of nitrogen functional groups attached to an aromatic ring is 1. The van der Waals surface area contributed by atoms with E-state index in [4.69, 9.17) is 5.73 Å². The van der Waals surface area contributed by atoms with Gasteiger partial charge in [0.05, 0.1) is 12.1 Å². The first-order chi connectivity index (χ1) is 13.2. The van der Waals surface area contributed by atoms with Gasteiger partial charge in [0.2, 0.25) is 16.2 Å². The molecule has 3 aromatic rings. The van der Waals surface area contributed by atoms with E-state index in [0.717, 1.165) is 35.7 Å². The molecule has 0 saturated heterocycles. The normalized spacial score (nSPS) is 19.3. The zero-order valence-electron chi connectivity index (χ0n) is 14.4. The molecule has 1 amide bonds. The summed E-state index contributed by atoms with van der Waals surface area (Å²) < 4.78 is 0. The van der Waals surface area contributed by atoms with Crippen molar-refractivity contribution in [3.8, 4) is 0 Å². The summed E-state index contributed by atoms with van der Waals surface area (Å²) in [6.07, 6.45) is 7.38. The van der Waals surface area contributed by atoms with Crippen molar-refractivity contribution in [2.45, 2.75) is 38.0 Å². The van der Waals surface area contributed by atoms with Crippen molar-refractivity contribution >= 4 is 38.8 Å². The SMILES string of the molecule is Nc1nnc(C[C@@H]2CCC(c3nnc(NC(=O)Cc4ccncn4)s3)C2)s1. The largest absolute Gasteiger partial charge is 0.374 e. The summed E-state index contributed by atoms with van der Waals surface area (Å²) in [5.41, 5.74) is 6.32. The van der Waals surface area contributed by atoms with Crippen LogP contribution in [0.25, 0.3) is 0 Å². The third-order valence-corrected chi connectivity index (χ3v) is 6.28. The molecule has 0 radical (unpaired) electrons. The van der Waals surface area contributed by atoms with E-state index in [1.807, 2.05) is 0 Å². The van der Waals surface area contributed by atoms with E-state index in [1.54, 1.807) is 12.3 Å². The number of aromatic nitrogens is 6. The van der Waals surface area contributed by atoms with Gasteiger partial charge in [-0.25, -0.2) is 9.97 Å². The predicted molar refractivity (Wildman–Crippen MR) is 102 cm³/mol. The standard InChI is InChI=1S/C16H18N8OS2/c17-15-23-21-13(26-15)6-9-1-2-10(5-9)14-22-24-16(27-14)20-12(25)7-11-3-4-18-8-19-11/h3-4,8-10H,1-2,5-7H2,(H2,17,23)(H,20,24,25)/t9-,10?/m1/s1. The number of nitrogens with one attached hydrogen (secondary N) is 1. The lowest BCUT2D eigenvalue weighted by atomic mass is 10.0. The lowest BCUT2D eigenvalue weighted by Crippen LogP contribution is -2.15. The van der Waals surface area contributed by atoms with Gasteiger partial charge in [-0.1, -0.05) is 22.7 Å². The van der Waals surface area contributed by atoms with Gasteiger partial charge >= 0.3 is 0 Å². The van der Waals surface area contributed by atoms with Crippen molar-refractivity contribution < 1.29 is 4.79 Å². The Morgan fingerprint density at radius 3 is 2.93 bits per heavy atom. The highest BCUT2D eigenvalue weighted by Gasteiger charge is 2.29. The molecule has 3 heterocycles. The molecule has 0 aliphatic heterocycles. The highest BCUT2D eigenvalue weighted by atomic mass is 32.1. The van der Waals surface area contributed by atoms with Gasteiger partial charge in [0.25, 0.3) is 0 Å². The molecule has 0 aromatic carbocycles. The van der Waals surface area contributed by atoms with Crippen molar-refractivity contribution in [3.63, 3.8) is 0 Å². The Balaban J connectivity index is 1.31. The highest BCUT2D eigenvalue weighted by molar-refractivity contribution is 7.15. The minimum absolute atomic E-state index is 0.158. The third kappa shape index (κ3) is 4.61. The number of nitrogens with two attached hydrogens (primary N) is 1. The van der Waals surface area contributed by atoms with Crippen molar-refractivity contribution in [1.82, 2.24) is 30.4 Å². The molecule has 4 rings (SSSR count). The summed E-state index contributed by atoms with van der Waals surface area (Å²) in [7, 11) is 0. The summed E-state index contributed by atoms with van der Waals surface area (Å²) in [6.45, 7) is 0. The Morgan fingerprint density at radius 2 is 2.15 bits per heavy atom. The topological polar surface area (TPSA) is 132 Å². The van der Waals surface area contributed by atoms with Crippen LogP contribution in [-0.4, -0.2) is 36.3 Å². The lowest BCUT2D eigenvalue weighted by molar-refractivity contribution is -0.115. The van der Waals surface area contributed by atoms with E-state index in [-0.39, 0.29) is 12.3 Å². The molecule has 11 heteroatoms. The maximum Gasteiger partial charge on any atom is 0.232 e. The molecule has 3 aromatic heterocycles. The second-order valence-corrected chi connectivity index (χ2v) is 8.59. The molecule has 0 spiro atoms. The average molecular weight is 403 g/mol. The Morgan fingerprint density at radius 1 is 1.22 bits per heavy atom. The van der Waals surface area contributed by atoms with Gasteiger partial charge in [-0.05, 0) is 31.2 Å². The fraction of sp³-hybridized carbons (Fsp3) is 0.438. The molecule has 1 aliphatic rings. The molecule has 9 nitrogen and oxygen atoms in total. The van der Waals surface area contributed by atoms with E-state index in [0.29, 0.717) is 27.8 Å². The Labute approximate surface area is 163 Å². The van der Waals surface area contributed by atoms with E-state index in [1.165, 1.54) is 29.0 Å². The summed E-state index contributed by atoms with van der Waals surface area (Å²) in [5.74, 6) is 0.780. The predicted octanol–water partition coefficient (Wildman–Crippen LogP) is 2.07. The molecular weight excluding hydrogens is 384 g/mol. The zero-order chi connectivity index (χ0) is 18.6. The molecule has 0 bridgehead atoms. The molecule has 1 aliphatic carbocycles. The van der Waals surface area contributed by atoms with Crippen LogP contribution in [-0.2, 0) is 17.6 Å². The van der Waals surface area contributed by atoms with Gasteiger partial charge in [-0.3, -0.25) is 4.79 Å². The summed E-state index contributed by atoms with van der Waals surface area (Å²) in [6, 6.07) is 1.72. The highest BCUT2D eigenvalue weighted by Crippen LogP contribution is 2.41. The molecule has 1 fully saturated rings. The van der Waals surface area contributed by atoms with E-state index >= 15 is 0 Å². The molecule has 1 unspecified atom stereocenters. The molecule has 2 atom stereocenters. The average Bonchev–Trinajstić information content (AvgIpc) is 3.38. The maximum absolute atomic E-state index is 12.1. The van der Waals surface area contributed by atoms with Crippen molar-refractivity contribution in [2.75, 3.05) is 11.1 Å². The van der Waals surface area contributed by atoms with Crippen LogP contribution in [0.3, 0.4) is 0 Å². The van der Waals surface area contributed by atoms with Gasteiger partial charge in [0.15, 0.2) is 0 Å². The third-order valence-electron chi connectivity index (χ3n) is 4.51. The monoisotopic (exact) mass is 402 g/mol. The van der Waals surface area contributed by atoms with Crippen LogP contribution in [0.2, 0.25) is 0 Å². The van der Waals surface area contributed by atoms with Crippen molar-refractivity contribution in [2.24, 2.45) is 5.92 Å². The Kier molecular flexibility index (Phi) is 5.30. The second kappa shape index (κ2) is 8.01. The summed E-state index contributed by atoms with van der Waals surface area (Å²) in [4.78, 5) is 20.0. The first-order valence-electron chi connectivity index (χ1n) is 8.61. The van der Waals surface area contributed by atoms with Gasteiger partial charge in [0.1, 0.15) is 16.3 Å². The maximum atomic E-state index is 12.1. The van der Waals surface area contributed by atoms with Gasteiger partial charge < -0.3 is 11.1 Å². The number of hydrogen-bond donors (Lipinski definition) is 2. The van der Waals surface area contributed by atoms with Gasteiger partial charge in [-0.2, -0.15) is 0 Å². The number of nitrogens with zero attached hydrogens (tertiary/aromatic N) is 6. The van der Waals surface area contributed by atoms with E-state index in [9.17, 15) is 4.79 Å². The van der Waals surface area contributed by atoms with Crippen LogP contribution in [0.4, 0.5) is 10.3 Å². The second-order valence-electron chi connectivity index (χ2n) is 6.49. The molecule has 140 valence electrons. The molecule has 27 heavy (non-hydrogen) atoms. The van der Waals surface area contributed by atoms with Crippen LogP contribution < -0.4 is 11.1 Å². The smallest absolute Gasteiger partial charge is 0.232 e. The lowest BCUT2D eigenvalue weighted by Gasteiger charge is -2.06. The van der Waals surface area contributed by atoms with Crippen LogP contribution >= 0.6 is 22.7 Å². The van der Waals surface area contributed by atoms with Crippen LogP contribution in [0.1, 0.15) is 40.9 Å². The van der Waals surface area contributed by atoms with Crippen LogP contribution in [0.15, 0.2) is 18.6 Å². The fourth-order valence-corrected chi connectivity index (χ4v) is 4.91. The first kappa shape index (κ1) is 17.9. The number of rotatable bonds is 6. The minimum Gasteiger partial charge on any atom is -0.374 e. The van der Waals surface area contributed by atoms with E-state index < -0.39 is 0 Å². The number of carbonyl (C=O) groups is 1. The molecular formula is C16H18N8OS2. The summed E-state index contributed by atoms with van der Waals surface area (Å²) >= 11 is 2.91. The van der Waals surface area contributed by atoms with Crippen molar-refractivity contribution in [3.05, 3.63) is 34.3 Å². The zero-order valence-corrected chi connectivity index (χ0v) is 16.0. The number of amides is 1. The van der Waals surface area contributed by atoms with Crippen LogP contribution in [0.5, 0.6) is 0 Å². The first-order valence-corrected chi connectivity index (χ1v) is 10.2. The van der Waals surface area contributed by atoms with Gasteiger partial charge in [0, 0.05) is 18.5 Å². The minimum atomic E-state index is -0.158. The Bertz CT molecular complexity index is 912.